The Morgan fingerprint density at radius 3 is 2.87 bits per heavy atom. The van der Waals surface area contributed by atoms with E-state index in [2.05, 4.69) is 15.5 Å². The normalized spacial score (nSPS) is 13.0. The zero-order chi connectivity index (χ0) is 10.8. The quantitative estimate of drug-likeness (QED) is 0.595. The topological polar surface area (TPSA) is 68.8 Å². The molecular weight excluding hydrogens is 210 g/mol. The van der Waals surface area contributed by atoms with Gasteiger partial charge in [-0.1, -0.05) is 0 Å². The highest BCUT2D eigenvalue weighted by atomic mass is 32.1. The fourth-order valence-electron chi connectivity index (χ4n) is 1.50. The number of thiazole rings is 1. The number of hydrogen-bond acceptors (Lipinski definition) is 5. The molecule has 2 rings (SSSR count). The first kappa shape index (κ1) is 10.3. The third kappa shape index (κ3) is 1.92. The molecule has 2 aromatic heterocycles. The highest BCUT2D eigenvalue weighted by Gasteiger charge is 2.17. The van der Waals surface area contributed by atoms with Crippen LogP contribution in [0, 0.1) is 6.92 Å². The molecule has 15 heavy (non-hydrogen) atoms. The molecule has 0 amide bonds. The van der Waals surface area contributed by atoms with Crippen molar-refractivity contribution in [3.63, 3.8) is 0 Å². The number of nitrogens with two attached hydrogens (primary N) is 1. The molecule has 6 heteroatoms. The number of nitrogens with one attached hydrogen (secondary N) is 1. The van der Waals surface area contributed by atoms with Crippen LogP contribution in [0.4, 0.5) is 0 Å². The molecule has 0 bridgehead atoms. The molecule has 0 radical (unpaired) electrons. The van der Waals surface area contributed by atoms with Gasteiger partial charge in [-0.2, -0.15) is 5.10 Å². The van der Waals surface area contributed by atoms with Gasteiger partial charge >= 0.3 is 0 Å². The fraction of sp³-hybridized carbons (Fsp3) is 0.333. The van der Waals surface area contributed by atoms with Gasteiger partial charge in [0.05, 0.1) is 28.3 Å². The van der Waals surface area contributed by atoms with E-state index in [0.717, 1.165) is 16.1 Å². The predicted molar refractivity (Wildman–Crippen MR) is 59.2 cm³/mol. The minimum absolute atomic E-state index is 0.0220. The van der Waals surface area contributed by atoms with Crippen LogP contribution in [0.1, 0.15) is 22.2 Å². The van der Waals surface area contributed by atoms with Gasteiger partial charge in [-0.15, -0.1) is 11.3 Å². The highest BCUT2D eigenvalue weighted by molar-refractivity contribution is 7.09. The number of nitrogens with zero attached hydrogens (tertiary/aromatic N) is 3. The van der Waals surface area contributed by atoms with E-state index < -0.39 is 0 Å². The van der Waals surface area contributed by atoms with Crippen molar-refractivity contribution in [2.45, 2.75) is 13.0 Å². The Morgan fingerprint density at radius 1 is 1.60 bits per heavy atom. The Kier molecular flexibility index (Phi) is 2.81. The molecule has 0 saturated carbocycles. The predicted octanol–water partition coefficient (Wildman–Crippen LogP) is 0.738. The van der Waals surface area contributed by atoms with Crippen LogP contribution < -0.4 is 11.3 Å². The molecule has 0 fully saturated rings. The van der Waals surface area contributed by atoms with Crippen molar-refractivity contribution in [1.29, 1.82) is 0 Å². The standard InChI is InChI=1S/C9H13N5S/c1-6-9(15-5-11-6)8(13-10)7-3-12-14(2)4-7/h3-5,8,13H,10H2,1-2H3. The third-order valence-electron chi connectivity index (χ3n) is 2.27. The minimum Gasteiger partial charge on any atom is -0.275 e. The maximum Gasteiger partial charge on any atom is 0.0851 e. The molecule has 0 saturated heterocycles. The lowest BCUT2D eigenvalue weighted by molar-refractivity contribution is 0.641. The summed E-state index contributed by atoms with van der Waals surface area (Å²) in [5.41, 5.74) is 6.67. The van der Waals surface area contributed by atoms with E-state index in [1.165, 1.54) is 0 Å². The van der Waals surface area contributed by atoms with Crippen molar-refractivity contribution in [2.75, 3.05) is 0 Å². The number of hydrazine groups is 1. The van der Waals surface area contributed by atoms with Crippen LogP contribution in [-0.2, 0) is 7.05 Å². The summed E-state index contributed by atoms with van der Waals surface area (Å²) in [7, 11) is 1.89. The fourth-order valence-corrected chi connectivity index (χ4v) is 2.39. The molecule has 1 atom stereocenters. The van der Waals surface area contributed by atoms with E-state index in [1.54, 1.807) is 16.0 Å². The van der Waals surface area contributed by atoms with Gasteiger partial charge in [0.25, 0.3) is 0 Å². The van der Waals surface area contributed by atoms with Crippen LogP contribution in [0.3, 0.4) is 0 Å². The molecule has 80 valence electrons. The van der Waals surface area contributed by atoms with E-state index in [-0.39, 0.29) is 6.04 Å². The van der Waals surface area contributed by atoms with Crippen molar-refractivity contribution in [1.82, 2.24) is 20.2 Å². The summed E-state index contributed by atoms with van der Waals surface area (Å²) >= 11 is 1.60. The van der Waals surface area contributed by atoms with Crippen LogP contribution in [0.2, 0.25) is 0 Å². The molecule has 2 heterocycles. The molecule has 0 aliphatic carbocycles. The van der Waals surface area contributed by atoms with Crippen molar-refractivity contribution >= 4 is 11.3 Å². The van der Waals surface area contributed by atoms with E-state index in [1.807, 2.05) is 31.9 Å². The van der Waals surface area contributed by atoms with Crippen molar-refractivity contribution < 1.29 is 0 Å². The second-order valence-corrected chi connectivity index (χ2v) is 4.24. The second-order valence-electron chi connectivity index (χ2n) is 3.35. The Labute approximate surface area is 91.9 Å². The summed E-state index contributed by atoms with van der Waals surface area (Å²) in [6.45, 7) is 1.98. The average Bonchev–Trinajstić information content (AvgIpc) is 2.79. The summed E-state index contributed by atoms with van der Waals surface area (Å²) in [5.74, 6) is 5.57. The Balaban J connectivity index is 2.36. The molecule has 0 spiro atoms. The summed E-state index contributed by atoms with van der Waals surface area (Å²) in [5, 5.41) is 4.13. The maximum absolute atomic E-state index is 5.57. The average molecular weight is 223 g/mol. The van der Waals surface area contributed by atoms with Gasteiger partial charge in [-0.05, 0) is 6.92 Å². The van der Waals surface area contributed by atoms with Gasteiger partial charge in [0, 0.05) is 18.8 Å². The largest absolute Gasteiger partial charge is 0.275 e. The number of aryl methyl sites for hydroxylation is 2. The van der Waals surface area contributed by atoms with Crippen molar-refractivity contribution in [3.05, 3.63) is 34.0 Å². The van der Waals surface area contributed by atoms with Crippen LogP contribution >= 0.6 is 11.3 Å². The first-order chi connectivity index (χ1) is 7.22. The SMILES string of the molecule is Cc1ncsc1C(NN)c1cnn(C)c1. The zero-order valence-electron chi connectivity index (χ0n) is 8.64. The second kappa shape index (κ2) is 4.09. The monoisotopic (exact) mass is 223 g/mol. The number of hydrogen-bond donors (Lipinski definition) is 2. The summed E-state index contributed by atoms with van der Waals surface area (Å²) in [6, 6.07) is -0.0220. The van der Waals surface area contributed by atoms with Crippen LogP contribution in [-0.4, -0.2) is 14.8 Å². The molecule has 0 aromatic carbocycles. The molecule has 5 nitrogen and oxygen atoms in total. The lowest BCUT2D eigenvalue weighted by Gasteiger charge is -2.12. The van der Waals surface area contributed by atoms with E-state index in [0.29, 0.717) is 0 Å². The highest BCUT2D eigenvalue weighted by Crippen LogP contribution is 2.26. The molecular formula is C9H13N5S. The third-order valence-corrected chi connectivity index (χ3v) is 3.27. The van der Waals surface area contributed by atoms with Crippen LogP contribution in [0.15, 0.2) is 17.9 Å². The molecule has 0 aliphatic rings. The zero-order valence-corrected chi connectivity index (χ0v) is 9.45. The van der Waals surface area contributed by atoms with Gasteiger partial charge in [0.15, 0.2) is 0 Å². The van der Waals surface area contributed by atoms with Crippen LogP contribution in [0.25, 0.3) is 0 Å². The molecule has 3 N–H and O–H groups in total. The summed E-state index contributed by atoms with van der Waals surface area (Å²) < 4.78 is 1.76. The van der Waals surface area contributed by atoms with Crippen molar-refractivity contribution in [3.8, 4) is 0 Å². The molecule has 0 aliphatic heterocycles. The van der Waals surface area contributed by atoms with E-state index in [4.69, 9.17) is 5.84 Å². The number of rotatable bonds is 3. The molecule has 2 aromatic rings. The first-order valence-electron chi connectivity index (χ1n) is 4.57. The smallest absolute Gasteiger partial charge is 0.0851 e. The van der Waals surface area contributed by atoms with E-state index in [9.17, 15) is 0 Å². The maximum atomic E-state index is 5.57. The van der Waals surface area contributed by atoms with Gasteiger partial charge in [-0.25, -0.2) is 10.4 Å². The van der Waals surface area contributed by atoms with Gasteiger partial charge in [0.1, 0.15) is 0 Å². The van der Waals surface area contributed by atoms with Crippen molar-refractivity contribution in [2.24, 2.45) is 12.9 Å². The van der Waals surface area contributed by atoms with Gasteiger partial charge < -0.3 is 0 Å². The van der Waals surface area contributed by atoms with Gasteiger partial charge in [-0.3, -0.25) is 10.5 Å². The number of aromatic nitrogens is 3. The molecule has 1 unspecified atom stereocenters. The van der Waals surface area contributed by atoms with E-state index >= 15 is 0 Å². The summed E-state index contributed by atoms with van der Waals surface area (Å²) in [6.07, 6.45) is 3.76. The summed E-state index contributed by atoms with van der Waals surface area (Å²) in [4.78, 5) is 5.34. The van der Waals surface area contributed by atoms with Gasteiger partial charge in [0.2, 0.25) is 0 Å². The Bertz CT molecular complexity index is 447. The lowest BCUT2D eigenvalue weighted by Crippen LogP contribution is -2.28. The van der Waals surface area contributed by atoms with Crippen LogP contribution in [0.5, 0.6) is 0 Å². The Hall–Kier alpha value is -1.24. The Morgan fingerprint density at radius 2 is 2.40 bits per heavy atom. The first-order valence-corrected chi connectivity index (χ1v) is 5.45. The minimum atomic E-state index is -0.0220. The lowest BCUT2D eigenvalue weighted by atomic mass is 10.1.